The van der Waals surface area contributed by atoms with E-state index in [-0.39, 0.29) is 12.6 Å². The highest BCUT2D eigenvalue weighted by Crippen LogP contribution is 2.39. The Labute approximate surface area is 94.0 Å². The van der Waals surface area contributed by atoms with Crippen molar-refractivity contribution in [3.05, 3.63) is 0 Å². The lowest BCUT2D eigenvalue weighted by Gasteiger charge is -2.37. The van der Waals surface area contributed by atoms with E-state index in [1.54, 1.807) is 4.90 Å². The highest BCUT2D eigenvalue weighted by atomic mass is 19.4. The normalized spacial score (nSPS) is 33.8. The molecule has 1 saturated carbocycles. The van der Waals surface area contributed by atoms with Crippen molar-refractivity contribution in [2.75, 3.05) is 13.1 Å². The molecule has 0 aromatic heterocycles. The van der Waals surface area contributed by atoms with Crippen LogP contribution in [0.1, 0.15) is 32.1 Å². The molecule has 5 heteroatoms. The molecule has 2 N–H and O–H groups in total. The summed E-state index contributed by atoms with van der Waals surface area (Å²) in [6, 6.07) is -1.30. The molecule has 0 radical (unpaired) electrons. The van der Waals surface area contributed by atoms with Gasteiger partial charge in [-0.05, 0) is 31.7 Å². The fourth-order valence-electron chi connectivity index (χ4n) is 3.29. The summed E-state index contributed by atoms with van der Waals surface area (Å²) in [5.74, 6) is 0.477. The molecule has 0 aromatic rings. The second-order valence-electron chi connectivity index (χ2n) is 4.93. The number of alkyl halides is 3. The monoisotopic (exact) mass is 236 g/mol. The van der Waals surface area contributed by atoms with Crippen molar-refractivity contribution in [3.8, 4) is 0 Å². The lowest BCUT2D eigenvalue weighted by atomic mass is 9.85. The Balaban J connectivity index is 2.08. The van der Waals surface area contributed by atoms with Crippen molar-refractivity contribution in [3.63, 3.8) is 0 Å². The molecular weight excluding hydrogens is 217 g/mol. The molecule has 0 spiro atoms. The summed E-state index contributed by atoms with van der Waals surface area (Å²) in [6.45, 7) is 0.253. The van der Waals surface area contributed by atoms with Gasteiger partial charge in [-0.25, -0.2) is 0 Å². The van der Waals surface area contributed by atoms with Gasteiger partial charge in [0.1, 0.15) is 6.04 Å². The van der Waals surface area contributed by atoms with Crippen LogP contribution in [0.15, 0.2) is 0 Å². The molecule has 0 aromatic carbocycles. The highest BCUT2D eigenvalue weighted by molar-refractivity contribution is 4.95. The lowest BCUT2D eigenvalue weighted by molar-refractivity contribution is -0.184. The van der Waals surface area contributed by atoms with Gasteiger partial charge in [-0.3, -0.25) is 4.90 Å². The molecule has 16 heavy (non-hydrogen) atoms. The Bertz CT molecular complexity index is 242. The van der Waals surface area contributed by atoms with Crippen molar-refractivity contribution < 1.29 is 13.2 Å². The van der Waals surface area contributed by atoms with Crippen molar-refractivity contribution >= 4 is 0 Å². The quantitative estimate of drug-likeness (QED) is 0.796. The van der Waals surface area contributed by atoms with Crippen LogP contribution in [0, 0.1) is 5.92 Å². The SMILES string of the molecule is NCC(N1CCC2CCCCC21)C(F)(F)F. The van der Waals surface area contributed by atoms with Gasteiger partial charge in [0, 0.05) is 12.6 Å². The summed E-state index contributed by atoms with van der Waals surface area (Å²) in [5, 5.41) is 0. The molecule has 1 aliphatic heterocycles. The third-order valence-electron chi connectivity index (χ3n) is 4.05. The van der Waals surface area contributed by atoms with Gasteiger partial charge in [0.05, 0.1) is 0 Å². The molecular formula is C11H19F3N2. The number of fused-ring (bicyclic) bond motifs is 1. The lowest BCUT2D eigenvalue weighted by Crippen LogP contribution is -2.53. The molecule has 2 aliphatic rings. The van der Waals surface area contributed by atoms with Crippen LogP contribution in [0.4, 0.5) is 13.2 Å². The average molecular weight is 236 g/mol. The van der Waals surface area contributed by atoms with Crippen LogP contribution in [0.5, 0.6) is 0 Å². The van der Waals surface area contributed by atoms with E-state index in [0.29, 0.717) is 12.5 Å². The van der Waals surface area contributed by atoms with E-state index in [2.05, 4.69) is 0 Å². The molecule has 2 nitrogen and oxygen atoms in total. The van der Waals surface area contributed by atoms with E-state index in [1.807, 2.05) is 0 Å². The van der Waals surface area contributed by atoms with Crippen molar-refractivity contribution in [2.45, 2.75) is 50.4 Å². The van der Waals surface area contributed by atoms with Crippen LogP contribution in [0.3, 0.4) is 0 Å². The van der Waals surface area contributed by atoms with E-state index >= 15 is 0 Å². The fraction of sp³-hybridized carbons (Fsp3) is 1.00. The van der Waals surface area contributed by atoms with E-state index in [1.165, 1.54) is 6.42 Å². The number of halogens is 3. The maximum Gasteiger partial charge on any atom is 0.405 e. The molecule has 2 rings (SSSR count). The minimum atomic E-state index is -4.18. The molecule has 0 amide bonds. The Kier molecular flexibility index (Phi) is 3.45. The number of nitrogens with two attached hydrogens (primary N) is 1. The largest absolute Gasteiger partial charge is 0.405 e. The third-order valence-corrected chi connectivity index (χ3v) is 4.05. The van der Waals surface area contributed by atoms with Gasteiger partial charge in [0.15, 0.2) is 0 Å². The van der Waals surface area contributed by atoms with E-state index in [0.717, 1.165) is 25.7 Å². The summed E-state index contributed by atoms with van der Waals surface area (Å²) >= 11 is 0. The number of hydrogen-bond acceptors (Lipinski definition) is 2. The maximum atomic E-state index is 12.8. The first-order valence-electron chi connectivity index (χ1n) is 6.06. The Morgan fingerprint density at radius 1 is 1.19 bits per heavy atom. The predicted molar refractivity (Wildman–Crippen MR) is 56.0 cm³/mol. The first-order valence-corrected chi connectivity index (χ1v) is 6.06. The molecule has 94 valence electrons. The maximum absolute atomic E-state index is 12.8. The van der Waals surface area contributed by atoms with Gasteiger partial charge < -0.3 is 5.73 Å². The third kappa shape index (κ3) is 2.20. The van der Waals surface area contributed by atoms with Gasteiger partial charge >= 0.3 is 6.18 Å². The summed E-state index contributed by atoms with van der Waals surface area (Å²) < 4.78 is 38.4. The number of rotatable bonds is 2. The van der Waals surface area contributed by atoms with Crippen molar-refractivity contribution in [2.24, 2.45) is 11.7 Å². The van der Waals surface area contributed by atoms with Crippen LogP contribution >= 0.6 is 0 Å². The molecule has 3 atom stereocenters. The Hall–Kier alpha value is -0.290. The number of nitrogens with zero attached hydrogens (tertiary/aromatic N) is 1. The summed E-state index contributed by atoms with van der Waals surface area (Å²) in [5.41, 5.74) is 5.30. The minimum Gasteiger partial charge on any atom is -0.329 e. The van der Waals surface area contributed by atoms with E-state index < -0.39 is 12.2 Å². The van der Waals surface area contributed by atoms with Crippen LogP contribution in [0.2, 0.25) is 0 Å². The zero-order valence-electron chi connectivity index (χ0n) is 9.34. The van der Waals surface area contributed by atoms with E-state index in [9.17, 15) is 13.2 Å². The smallest absolute Gasteiger partial charge is 0.329 e. The van der Waals surface area contributed by atoms with Crippen LogP contribution in [-0.2, 0) is 0 Å². The average Bonchev–Trinajstić information content (AvgIpc) is 2.61. The zero-order valence-corrected chi connectivity index (χ0v) is 9.34. The molecule has 1 saturated heterocycles. The Morgan fingerprint density at radius 2 is 1.88 bits per heavy atom. The topological polar surface area (TPSA) is 29.3 Å². The van der Waals surface area contributed by atoms with Crippen LogP contribution < -0.4 is 5.73 Å². The zero-order chi connectivity index (χ0) is 11.8. The molecule has 0 bridgehead atoms. The molecule has 2 fully saturated rings. The van der Waals surface area contributed by atoms with E-state index in [4.69, 9.17) is 5.73 Å². The molecule has 3 unspecified atom stereocenters. The van der Waals surface area contributed by atoms with Crippen molar-refractivity contribution in [1.82, 2.24) is 4.90 Å². The second-order valence-corrected chi connectivity index (χ2v) is 4.93. The van der Waals surface area contributed by atoms with Gasteiger partial charge in [0.25, 0.3) is 0 Å². The summed E-state index contributed by atoms with van der Waals surface area (Å²) in [7, 11) is 0. The van der Waals surface area contributed by atoms with Crippen LogP contribution in [0.25, 0.3) is 0 Å². The molecule has 1 aliphatic carbocycles. The second kappa shape index (κ2) is 4.53. The van der Waals surface area contributed by atoms with Gasteiger partial charge in [-0.1, -0.05) is 12.8 Å². The van der Waals surface area contributed by atoms with Gasteiger partial charge in [-0.2, -0.15) is 13.2 Å². The minimum absolute atomic E-state index is 0.129. The number of likely N-dealkylation sites (tertiary alicyclic amines) is 1. The van der Waals surface area contributed by atoms with Crippen LogP contribution in [-0.4, -0.2) is 36.2 Å². The highest BCUT2D eigenvalue weighted by Gasteiger charge is 2.48. The van der Waals surface area contributed by atoms with Crippen molar-refractivity contribution in [1.29, 1.82) is 0 Å². The summed E-state index contributed by atoms with van der Waals surface area (Å²) in [6.07, 6.45) is 0.979. The summed E-state index contributed by atoms with van der Waals surface area (Å²) in [4.78, 5) is 1.61. The fourth-order valence-corrected chi connectivity index (χ4v) is 3.29. The number of hydrogen-bond donors (Lipinski definition) is 1. The standard InChI is InChI=1S/C11H19F3N2/c12-11(13,14)10(7-15)16-6-5-8-3-1-2-4-9(8)16/h8-10H,1-7,15H2. The first-order chi connectivity index (χ1) is 7.54. The predicted octanol–water partition coefficient (Wildman–Crippen LogP) is 2.14. The first kappa shape index (κ1) is 12.2. The Morgan fingerprint density at radius 3 is 2.50 bits per heavy atom. The van der Waals surface area contributed by atoms with Gasteiger partial charge in [-0.15, -0.1) is 0 Å². The molecule has 1 heterocycles. The van der Waals surface area contributed by atoms with Gasteiger partial charge in [0.2, 0.25) is 0 Å².